The highest BCUT2D eigenvalue weighted by Crippen LogP contribution is 2.27. The Morgan fingerprint density at radius 1 is 1.20 bits per heavy atom. The molecule has 9 nitrogen and oxygen atoms in total. The first-order chi connectivity index (χ1) is 16.8. The van der Waals surface area contributed by atoms with Crippen molar-refractivity contribution in [3.63, 3.8) is 0 Å². The second kappa shape index (κ2) is 11.0. The molecule has 1 atom stereocenters. The maximum Gasteiger partial charge on any atom is 0.252 e. The lowest BCUT2D eigenvalue weighted by Crippen LogP contribution is -2.39. The summed E-state index contributed by atoms with van der Waals surface area (Å²) in [6.07, 6.45) is 1.84. The number of nitrogens with one attached hydrogen (secondary N) is 1. The minimum Gasteiger partial charge on any atom is -0.379 e. The lowest BCUT2D eigenvalue weighted by atomic mass is 10.1. The highest BCUT2D eigenvalue weighted by molar-refractivity contribution is 5.79. The number of hydrogen-bond donors (Lipinski definition) is 1. The van der Waals surface area contributed by atoms with Gasteiger partial charge in [0.25, 0.3) is 5.56 Å². The molecular weight excluding hydrogens is 442 g/mol. The normalized spacial score (nSPS) is 16.3. The number of H-pyrrole nitrogens is 1. The Labute approximate surface area is 207 Å². The number of aromatic nitrogens is 5. The summed E-state index contributed by atoms with van der Waals surface area (Å²) >= 11 is 0. The van der Waals surface area contributed by atoms with Crippen LogP contribution < -0.4 is 5.56 Å². The van der Waals surface area contributed by atoms with Crippen molar-refractivity contribution in [2.24, 2.45) is 0 Å². The molecule has 3 heterocycles. The molecule has 1 aromatic carbocycles. The van der Waals surface area contributed by atoms with Gasteiger partial charge in [-0.2, -0.15) is 0 Å². The Bertz CT molecular complexity index is 1170. The predicted molar refractivity (Wildman–Crippen MR) is 137 cm³/mol. The lowest BCUT2D eigenvalue weighted by molar-refractivity contribution is 0.0348. The van der Waals surface area contributed by atoms with Crippen molar-refractivity contribution in [1.29, 1.82) is 0 Å². The molecule has 1 fully saturated rings. The van der Waals surface area contributed by atoms with Crippen LogP contribution in [0.15, 0.2) is 29.1 Å². The van der Waals surface area contributed by atoms with Crippen LogP contribution in [0.1, 0.15) is 63.5 Å². The average molecular weight is 482 g/mol. The smallest absolute Gasteiger partial charge is 0.252 e. The number of ether oxygens (including phenoxy) is 1. The molecule has 1 aliphatic heterocycles. The Morgan fingerprint density at radius 2 is 1.97 bits per heavy atom. The molecular formula is C26H39N7O2. The van der Waals surface area contributed by atoms with Gasteiger partial charge in [0.05, 0.1) is 24.8 Å². The standard InChI is InChI=1S/C26H39N7O2/c1-6-23(24-28-29-30-33(24)26(3,4)5)32(11-7-10-31-12-14-35-15-13-31)18-21-17-20-16-19(2)8-9-22(20)27-25(21)34/h8-9,16-17,23H,6-7,10-15,18H2,1-5H3,(H,27,34)/t23-/m0/s1. The van der Waals surface area contributed by atoms with Crippen LogP contribution in [0.2, 0.25) is 0 Å². The third-order valence-electron chi connectivity index (χ3n) is 6.73. The molecule has 0 amide bonds. The molecule has 9 heteroatoms. The van der Waals surface area contributed by atoms with Gasteiger partial charge in [-0.1, -0.05) is 18.6 Å². The van der Waals surface area contributed by atoms with Crippen LogP contribution in [0.5, 0.6) is 0 Å². The van der Waals surface area contributed by atoms with E-state index >= 15 is 0 Å². The lowest BCUT2D eigenvalue weighted by Gasteiger charge is -2.33. The first-order valence-corrected chi connectivity index (χ1v) is 12.7. The molecule has 1 saturated heterocycles. The zero-order chi connectivity index (χ0) is 25.0. The molecule has 0 spiro atoms. The number of aromatic amines is 1. The van der Waals surface area contributed by atoms with Crippen LogP contribution in [0, 0.1) is 6.92 Å². The summed E-state index contributed by atoms with van der Waals surface area (Å²) in [5.74, 6) is 0.847. The molecule has 35 heavy (non-hydrogen) atoms. The van der Waals surface area contributed by atoms with E-state index in [9.17, 15) is 4.79 Å². The van der Waals surface area contributed by atoms with E-state index in [1.165, 1.54) is 5.56 Å². The number of pyridine rings is 1. The number of hydrogen-bond acceptors (Lipinski definition) is 7. The van der Waals surface area contributed by atoms with E-state index in [4.69, 9.17) is 4.74 Å². The average Bonchev–Trinajstić information content (AvgIpc) is 3.31. The molecule has 0 saturated carbocycles. The number of aryl methyl sites for hydroxylation is 1. The largest absolute Gasteiger partial charge is 0.379 e. The van der Waals surface area contributed by atoms with Gasteiger partial charge in [-0.3, -0.25) is 14.6 Å². The van der Waals surface area contributed by atoms with Crippen molar-refractivity contribution in [3.8, 4) is 0 Å². The second-order valence-electron chi connectivity index (χ2n) is 10.5. The maximum atomic E-state index is 13.0. The van der Waals surface area contributed by atoms with Crippen LogP contribution >= 0.6 is 0 Å². The van der Waals surface area contributed by atoms with Crippen molar-refractivity contribution in [2.45, 2.75) is 65.6 Å². The van der Waals surface area contributed by atoms with Gasteiger partial charge in [0, 0.05) is 37.3 Å². The Morgan fingerprint density at radius 3 is 2.69 bits per heavy atom. The first kappa shape index (κ1) is 25.5. The molecule has 1 aliphatic rings. The zero-order valence-electron chi connectivity index (χ0n) is 21.8. The van der Waals surface area contributed by atoms with E-state index in [0.29, 0.717) is 6.54 Å². The van der Waals surface area contributed by atoms with E-state index in [2.05, 4.69) is 71.0 Å². The molecule has 0 unspecified atom stereocenters. The van der Waals surface area contributed by atoms with E-state index < -0.39 is 0 Å². The number of rotatable bonds is 9. The van der Waals surface area contributed by atoms with Crippen molar-refractivity contribution in [2.75, 3.05) is 39.4 Å². The van der Waals surface area contributed by atoms with Crippen molar-refractivity contribution in [3.05, 3.63) is 51.6 Å². The van der Waals surface area contributed by atoms with Gasteiger partial charge in [0.2, 0.25) is 0 Å². The highest BCUT2D eigenvalue weighted by Gasteiger charge is 2.29. The van der Waals surface area contributed by atoms with Gasteiger partial charge in [-0.05, 0) is 81.1 Å². The Kier molecular flexibility index (Phi) is 7.98. The number of tetrazole rings is 1. The molecule has 0 radical (unpaired) electrons. The molecule has 3 aromatic rings. The first-order valence-electron chi connectivity index (χ1n) is 12.7. The molecule has 190 valence electrons. The number of benzene rings is 1. The summed E-state index contributed by atoms with van der Waals surface area (Å²) in [6.45, 7) is 16.5. The summed E-state index contributed by atoms with van der Waals surface area (Å²) in [6, 6.07) is 8.16. The van der Waals surface area contributed by atoms with Crippen molar-refractivity contribution >= 4 is 10.9 Å². The van der Waals surface area contributed by atoms with Gasteiger partial charge < -0.3 is 9.72 Å². The molecule has 0 aliphatic carbocycles. The fourth-order valence-electron chi connectivity index (χ4n) is 4.86. The highest BCUT2D eigenvalue weighted by atomic mass is 16.5. The van der Waals surface area contributed by atoms with Crippen LogP contribution in [0.25, 0.3) is 10.9 Å². The van der Waals surface area contributed by atoms with Crippen molar-refractivity contribution in [1.82, 2.24) is 35.0 Å². The molecule has 1 N–H and O–H groups in total. The van der Waals surface area contributed by atoms with Crippen LogP contribution in [0.4, 0.5) is 0 Å². The Balaban J connectivity index is 1.63. The Hall–Kier alpha value is -2.62. The third kappa shape index (κ3) is 6.15. The SMILES string of the molecule is CC[C@@H](c1nnnn1C(C)(C)C)N(CCCN1CCOCC1)Cc1cc2cc(C)ccc2[nH]c1=O. The summed E-state index contributed by atoms with van der Waals surface area (Å²) in [5.41, 5.74) is 2.54. The van der Waals surface area contributed by atoms with E-state index in [1.807, 2.05) is 22.9 Å². The van der Waals surface area contributed by atoms with Gasteiger partial charge in [-0.25, -0.2) is 4.68 Å². The summed E-state index contributed by atoms with van der Waals surface area (Å²) in [7, 11) is 0. The fourth-order valence-corrected chi connectivity index (χ4v) is 4.86. The van der Waals surface area contributed by atoms with E-state index in [0.717, 1.165) is 74.5 Å². The summed E-state index contributed by atoms with van der Waals surface area (Å²) in [5, 5.41) is 13.8. The molecule has 2 aromatic heterocycles. The maximum absolute atomic E-state index is 13.0. The minimum atomic E-state index is -0.232. The third-order valence-corrected chi connectivity index (χ3v) is 6.73. The molecule has 4 rings (SSSR count). The van der Waals surface area contributed by atoms with Crippen LogP contribution in [-0.2, 0) is 16.8 Å². The van der Waals surface area contributed by atoms with Gasteiger partial charge in [0.15, 0.2) is 5.82 Å². The van der Waals surface area contributed by atoms with Gasteiger partial charge >= 0.3 is 0 Å². The topological polar surface area (TPSA) is 92.2 Å². The van der Waals surface area contributed by atoms with Gasteiger partial charge in [-0.15, -0.1) is 5.10 Å². The number of nitrogens with zero attached hydrogens (tertiary/aromatic N) is 6. The molecule has 0 bridgehead atoms. The minimum absolute atomic E-state index is 0.00141. The number of morpholine rings is 1. The van der Waals surface area contributed by atoms with Crippen LogP contribution in [0.3, 0.4) is 0 Å². The quantitative estimate of drug-likeness (QED) is 0.501. The second-order valence-corrected chi connectivity index (χ2v) is 10.5. The van der Waals surface area contributed by atoms with Crippen LogP contribution in [-0.4, -0.2) is 74.4 Å². The van der Waals surface area contributed by atoms with E-state index in [1.54, 1.807) is 0 Å². The summed E-state index contributed by atoms with van der Waals surface area (Å²) in [4.78, 5) is 21.0. The van der Waals surface area contributed by atoms with E-state index in [-0.39, 0.29) is 17.1 Å². The monoisotopic (exact) mass is 481 g/mol. The zero-order valence-corrected chi connectivity index (χ0v) is 21.8. The van der Waals surface area contributed by atoms with Crippen molar-refractivity contribution < 1.29 is 4.74 Å². The fraction of sp³-hybridized carbons (Fsp3) is 0.615. The predicted octanol–water partition coefficient (Wildman–Crippen LogP) is 3.25. The summed E-state index contributed by atoms with van der Waals surface area (Å²) < 4.78 is 7.42. The van der Waals surface area contributed by atoms with Gasteiger partial charge in [0.1, 0.15) is 0 Å². The number of fused-ring (bicyclic) bond motifs is 1.